The highest BCUT2D eigenvalue weighted by molar-refractivity contribution is 5.79. The fraction of sp³-hybridized carbons (Fsp3) is 0.789. The average molecular weight is 362 g/mol. The van der Waals surface area contributed by atoms with E-state index in [0.29, 0.717) is 37.1 Å². The average Bonchev–Trinajstić information content (AvgIpc) is 3.17. The van der Waals surface area contributed by atoms with Crippen LogP contribution >= 0.6 is 0 Å². The van der Waals surface area contributed by atoms with Gasteiger partial charge in [0, 0.05) is 31.5 Å². The number of aromatic nitrogens is 2. The van der Waals surface area contributed by atoms with Gasteiger partial charge in [0.15, 0.2) is 5.82 Å². The Morgan fingerprint density at radius 1 is 1.35 bits per heavy atom. The van der Waals surface area contributed by atoms with Crippen molar-refractivity contribution in [2.45, 2.75) is 65.3 Å². The summed E-state index contributed by atoms with van der Waals surface area (Å²) >= 11 is 0. The molecule has 2 fully saturated rings. The molecule has 2 amide bonds. The molecule has 3 atom stereocenters. The number of carbonyl (C=O) groups excluding carboxylic acids is 2. The molecule has 0 aromatic carbocycles. The smallest absolute Gasteiger partial charge is 0.235 e. The third-order valence-corrected chi connectivity index (χ3v) is 5.59. The molecule has 2 heterocycles. The molecular formula is C19H30N4O3. The van der Waals surface area contributed by atoms with Crippen molar-refractivity contribution < 1.29 is 14.1 Å². The molecule has 144 valence electrons. The van der Waals surface area contributed by atoms with E-state index >= 15 is 0 Å². The maximum absolute atomic E-state index is 12.5. The van der Waals surface area contributed by atoms with Crippen molar-refractivity contribution in [2.75, 3.05) is 13.1 Å². The number of amides is 2. The van der Waals surface area contributed by atoms with Gasteiger partial charge in [0.2, 0.25) is 17.7 Å². The molecule has 1 aromatic heterocycles. The molecule has 1 aromatic rings. The van der Waals surface area contributed by atoms with Crippen LogP contribution in [0.1, 0.15) is 58.7 Å². The molecule has 0 spiro atoms. The maximum Gasteiger partial charge on any atom is 0.235 e. The van der Waals surface area contributed by atoms with Crippen molar-refractivity contribution in [3.05, 3.63) is 11.7 Å². The Labute approximate surface area is 154 Å². The third kappa shape index (κ3) is 3.48. The Morgan fingerprint density at radius 3 is 2.65 bits per heavy atom. The van der Waals surface area contributed by atoms with Crippen molar-refractivity contribution in [1.29, 1.82) is 0 Å². The molecule has 1 N–H and O–H groups in total. The molecule has 3 rings (SSSR count). The quantitative estimate of drug-likeness (QED) is 0.866. The second kappa shape index (κ2) is 7.00. The summed E-state index contributed by atoms with van der Waals surface area (Å²) in [4.78, 5) is 31.2. The second-order valence-corrected chi connectivity index (χ2v) is 8.68. The fourth-order valence-corrected chi connectivity index (χ4v) is 4.50. The van der Waals surface area contributed by atoms with E-state index in [4.69, 9.17) is 4.52 Å². The van der Waals surface area contributed by atoms with Crippen molar-refractivity contribution in [1.82, 2.24) is 20.4 Å². The fourth-order valence-electron chi connectivity index (χ4n) is 4.50. The van der Waals surface area contributed by atoms with Crippen LogP contribution in [0.5, 0.6) is 0 Å². The van der Waals surface area contributed by atoms with Crippen LogP contribution in [0.2, 0.25) is 0 Å². The summed E-state index contributed by atoms with van der Waals surface area (Å²) in [7, 11) is 0. The number of nitrogens with one attached hydrogen (secondary N) is 1. The van der Waals surface area contributed by atoms with Crippen molar-refractivity contribution in [3.8, 4) is 0 Å². The molecule has 1 saturated heterocycles. The van der Waals surface area contributed by atoms with E-state index in [-0.39, 0.29) is 35.1 Å². The van der Waals surface area contributed by atoms with E-state index in [1.807, 2.05) is 39.5 Å². The molecule has 7 nitrogen and oxygen atoms in total. The van der Waals surface area contributed by atoms with Gasteiger partial charge in [0.05, 0.1) is 5.41 Å². The number of hydrogen-bond acceptors (Lipinski definition) is 5. The van der Waals surface area contributed by atoms with Crippen molar-refractivity contribution >= 4 is 11.8 Å². The Hall–Kier alpha value is -1.92. The zero-order valence-electron chi connectivity index (χ0n) is 16.4. The van der Waals surface area contributed by atoms with Crippen LogP contribution in [0.4, 0.5) is 0 Å². The zero-order valence-corrected chi connectivity index (χ0v) is 16.4. The summed E-state index contributed by atoms with van der Waals surface area (Å²) in [5, 5.41) is 7.14. The van der Waals surface area contributed by atoms with Gasteiger partial charge in [-0.2, -0.15) is 4.98 Å². The van der Waals surface area contributed by atoms with E-state index < -0.39 is 0 Å². The number of hydrogen-bond donors (Lipinski definition) is 1. The van der Waals surface area contributed by atoms with Crippen LogP contribution in [-0.2, 0) is 15.0 Å². The Morgan fingerprint density at radius 2 is 2.08 bits per heavy atom. The van der Waals surface area contributed by atoms with E-state index in [1.165, 1.54) is 0 Å². The van der Waals surface area contributed by atoms with Gasteiger partial charge in [-0.05, 0) is 31.6 Å². The molecule has 26 heavy (non-hydrogen) atoms. The van der Waals surface area contributed by atoms with Gasteiger partial charge in [-0.1, -0.05) is 32.9 Å². The van der Waals surface area contributed by atoms with Crippen LogP contribution in [-0.4, -0.2) is 46.0 Å². The first-order chi connectivity index (χ1) is 12.2. The summed E-state index contributed by atoms with van der Waals surface area (Å²) in [6.07, 6.45) is 2.12. The van der Waals surface area contributed by atoms with Crippen LogP contribution in [0, 0.1) is 24.7 Å². The summed E-state index contributed by atoms with van der Waals surface area (Å²) in [6, 6.07) is 0.0924. The molecule has 1 aliphatic carbocycles. The lowest BCUT2D eigenvalue weighted by Gasteiger charge is -2.26. The predicted molar refractivity (Wildman–Crippen MR) is 96.2 cm³/mol. The second-order valence-electron chi connectivity index (χ2n) is 8.68. The minimum absolute atomic E-state index is 0.0307. The van der Waals surface area contributed by atoms with E-state index in [0.717, 1.165) is 12.8 Å². The molecule has 0 radical (unpaired) electrons. The number of likely N-dealkylation sites (tertiary alicyclic amines) is 1. The standard InChI is InChI=1S/C19H30N4O3/c1-11(2)6-16(24)21-15-7-14-9-23(17(25)12(3)4)10-19(14,8-15)18-20-13(5)22-26-18/h11-12,14-15H,6-10H2,1-5H3,(H,21,24)/t14-,15+,19-/m0/s1. The molecule has 1 aliphatic heterocycles. The zero-order chi connectivity index (χ0) is 19.1. The van der Waals surface area contributed by atoms with E-state index in [9.17, 15) is 9.59 Å². The number of nitrogens with zero attached hydrogens (tertiary/aromatic N) is 3. The number of fused-ring (bicyclic) bond motifs is 1. The third-order valence-electron chi connectivity index (χ3n) is 5.59. The molecule has 0 bridgehead atoms. The summed E-state index contributed by atoms with van der Waals surface area (Å²) < 4.78 is 5.55. The molecule has 0 unspecified atom stereocenters. The highest BCUT2D eigenvalue weighted by Crippen LogP contribution is 2.50. The topological polar surface area (TPSA) is 88.3 Å². The number of carbonyl (C=O) groups is 2. The largest absolute Gasteiger partial charge is 0.353 e. The van der Waals surface area contributed by atoms with E-state index in [2.05, 4.69) is 15.5 Å². The normalized spacial score (nSPS) is 28.0. The summed E-state index contributed by atoms with van der Waals surface area (Å²) in [5.41, 5.74) is -0.346. The molecule has 2 aliphatic rings. The Bertz CT molecular complexity index is 684. The Balaban J connectivity index is 1.80. The predicted octanol–water partition coefficient (Wildman–Crippen LogP) is 2.05. The lowest BCUT2D eigenvalue weighted by atomic mass is 9.80. The van der Waals surface area contributed by atoms with Gasteiger partial charge in [0.1, 0.15) is 0 Å². The first-order valence-electron chi connectivity index (χ1n) is 9.60. The van der Waals surface area contributed by atoms with Gasteiger partial charge >= 0.3 is 0 Å². The molecule has 7 heteroatoms. The van der Waals surface area contributed by atoms with Crippen molar-refractivity contribution in [2.24, 2.45) is 17.8 Å². The van der Waals surface area contributed by atoms with Crippen LogP contribution in [0.25, 0.3) is 0 Å². The van der Waals surface area contributed by atoms with Gasteiger partial charge in [-0.3, -0.25) is 9.59 Å². The summed E-state index contributed by atoms with van der Waals surface area (Å²) in [6.45, 7) is 11.0. The molecule has 1 saturated carbocycles. The maximum atomic E-state index is 12.5. The number of aryl methyl sites for hydroxylation is 1. The Kier molecular flexibility index (Phi) is 5.08. The first-order valence-corrected chi connectivity index (χ1v) is 9.60. The first kappa shape index (κ1) is 18.9. The SMILES string of the molecule is Cc1noc([C@]23C[C@H](NC(=O)CC(C)C)C[C@H]2CN(C(=O)C(C)C)C3)n1. The van der Waals surface area contributed by atoms with Gasteiger partial charge in [-0.15, -0.1) is 0 Å². The van der Waals surface area contributed by atoms with Crippen LogP contribution in [0.3, 0.4) is 0 Å². The minimum atomic E-state index is -0.346. The highest BCUT2D eigenvalue weighted by Gasteiger charge is 2.58. The van der Waals surface area contributed by atoms with Crippen LogP contribution < -0.4 is 5.32 Å². The minimum Gasteiger partial charge on any atom is -0.353 e. The lowest BCUT2D eigenvalue weighted by Crippen LogP contribution is -2.40. The van der Waals surface area contributed by atoms with Gasteiger partial charge < -0.3 is 14.7 Å². The van der Waals surface area contributed by atoms with Gasteiger partial charge in [-0.25, -0.2) is 0 Å². The van der Waals surface area contributed by atoms with Crippen molar-refractivity contribution in [3.63, 3.8) is 0 Å². The van der Waals surface area contributed by atoms with Gasteiger partial charge in [0.25, 0.3) is 0 Å². The van der Waals surface area contributed by atoms with E-state index in [1.54, 1.807) is 0 Å². The number of rotatable bonds is 5. The summed E-state index contributed by atoms with van der Waals surface area (Å²) in [5.74, 6) is 2.01. The highest BCUT2D eigenvalue weighted by atomic mass is 16.5. The monoisotopic (exact) mass is 362 g/mol. The lowest BCUT2D eigenvalue weighted by molar-refractivity contribution is -0.134. The molecular weight excluding hydrogens is 332 g/mol. The van der Waals surface area contributed by atoms with Crippen LogP contribution in [0.15, 0.2) is 4.52 Å².